The van der Waals surface area contributed by atoms with Crippen molar-refractivity contribution in [3.63, 3.8) is 0 Å². The van der Waals surface area contributed by atoms with Gasteiger partial charge in [0.15, 0.2) is 0 Å². The topological polar surface area (TPSA) is 30.5 Å². The maximum atomic E-state index is 5.84. The number of ether oxygens (including phenoxy) is 2. The SMILES string of the molecule is C=CCCOCCNC1CC(OCC)C12CCC2. The molecule has 0 bridgehead atoms. The van der Waals surface area contributed by atoms with Crippen LogP contribution in [0.2, 0.25) is 0 Å². The molecule has 2 aliphatic rings. The summed E-state index contributed by atoms with van der Waals surface area (Å²) in [5, 5.41) is 3.65. The van der Waals surface area contributed by atoms with E-state index in [0.29, 0.717) is 17.6 Å². The molecule has 2 rings (SSSR count). The number of nitrogens with one attached hydrogen (secondary N) is 1. The van der Waals surface area contributed by atoms with Gasteiger partial charge in [0.1, 0.15) is 0 Å². The molecule has 3 nitrogen and oxygen atoms in total. The van der Waals surface area contributed by atoms with E-state index in [-0.39, 0.29) is 0 Å². The van der Waals surface area contributed by atoms with Crippen LogP contribution in [0.1, 0.15) is 39.0 Å². The van der Waals surface area contributed by atoms with Crippen LogP contribution in [0.5, 0.6) is 0 Å². The summed E-state index contributed by atoms with van der Waals surface area (Å²) in [6.45, 7) is 9.19. The normalized spacial score (nSPS) is 28.7. The summed E-state index contributed by atoms with van der Waals surface area (Å²) in [5.74, 6) is 0. The fraction of sp³-hybridized carbons (Fsp3) is 0.867. The Labute approximate surface area is 111 Å². The lowest BCUT2D eigenvalue weighted by molar-refractivity contribution is -0.173. The van der Waals surface area contributed by atoms with Crippen LogP contribution >= 0.6 is 0 Å². The summed E-state index contributed by atoms with van der Waals surface area (Å²) in [5.41, 5.74) is 0.469. The first kappa shape index (κ1) is 14.0. The minimum absolute atomic E-state index is 0.469. The Balaban J connectivity index is 1.61. The molecule has 0 radical (unpaired) electrons. The molecule has 0 aromatic carbocycles. The van der Waals surface area contributed by atoms with Gasteiger partial charge in [0.25, 0.3) is 0 Å². The lowest BCUT2D eigenvalue weighted by Gasteiger charge is -2.61. The molecular formula is C15H27NO2. The van der Waals surface area contributed by atoms with E-state index >= 15 is 0 Å². The second-order valence-corrected chi connectivity index (χ2v) is 5.46. The highest BCUT2D eigenvalue weighted by molar-refractivity contribution is 5.12. The third-order valence-corrected chi connectivity index (χ3v) is 4.54. The van der Waals surface area contributed by atoms with E-state index in [1.165, 1.54) is 25.7 Å². The first-order chi connectivity index (χ1) is 8.83. The molecule has 0 heterocycles. The van der Waals surface area contributed by atoms with Crippen molar-refractivity contribution < 1.29 is 9.47 Å². The molecule has 2 saturated carbocycles. The molecule has 104 valence electrons. The summed E-state index contributed by atoms with van der Waals surface area (Å²) in [6, 6.07) is 0.658. The third kappa shape index (κ3) is 2.79. The van der Waals surface area contributed by atoms with Gasteiger partial charge in [0.2, 0.25) is 0 Å². The van der Waals surface area contributed by atoms with Crippen LogP contribution in [-0.4, -0.2) is 38.5 Å². The van der Waals surface area contributed by atoms with E-state index in [0.717, 1.165) is 32.8 Å². The van der Waals surface area contributed by atoms with Crippen LogP contribution in [-0.2, 0) is 9.47 Å². The van der Waals surface area contributed by atoms with Gasteiger partial charge in [-0.1, -0.05) is 12.5 Å². The van der Waals surface area contributed by atoms with Crippen LogP contribution in [0.4, 0.5) is 0 Å². The molecule has 1 N–H and O–H groups in total. The van der Waals surface area contributed by atoms with Crippen molar-refractivity contribution in [3.8, 4) is 0 Å². The Kier molecular flexibility index (Phi) is 5.22. The standard InChI is InChI=1S/C15H27NO2/c1-3-5-10-17-11-9-16-13-12-14(18-4-2)15(13)7-6-8-15/h3,13-14,16H,1,4-12H2,2H3. The van der Waals surface area contributed by atoms with Crippen LogP contribution in [0.15, 0.2) is 12.7 Å². The van der Waals surface area contributed by atoms with Crippen LogP contribution in [0, 0.1) is 5.41 Å². The second-order valence-electron chi connectivity index (χ2n) is 5.46. The number of rotatable bonds is 9. The molecule has 2 aliphatic carbocycles. The minimum Gasteiger partial charge on any atom is -0.380 e. The highest BCUT2D eigenvalue weighted by Gasteiger charge is 2.58. The maximum absolute atomic E-state index is 5.84. The van der Waals surface area contributed by atoms with Crippen molar-refractivity contribution in [3.05, 3.63) is 12.7 Å². The summed E-state index contributed by atoms with van der Waals surface area (Å²) < 4.78 is 11.4. The van der Waals surface area contributed by atoms with E-state index < -0.39 is 0 Å². The number of hydrogen-bond donors (Lipinski definition) is 1. The molecule has 2 fully saturated rings. The van der Waals surface area contributed by atoms with Crippen LogP contribution in [0.3, 0.4) is 0 Å². The van der Waals surface area contributed by atoms with Gasteiger partial charge in [0.05, 0.1) is 19.3 Å². The van der Waals surface area contributed by atoms with E-state index in [9.17, 15) is 0 Å². The van der Waals surface area contributed by atoms with E-state index in [2.05, 4.69) is 18.8 Å². The molecule has 18 heavy (non-hydrogen) atoms. The van der Waals surface area contributed by atoms with Gasteiger partial charge in [-0.05, 0) is 32.6 Å². The van der Waals surface area contributed by atoms with Gasteiger partial charge >= 0.3 is 0 Å². The Hall–Kier alpha value is -0.380. The molecule has 0 aromatic rings. The Morgan fingerprint density at radius 3 is 2.83 bits per heavy atom. The summed E-state index contributed by atoms with van der Waals surface area (Å²) in [7, 11) is 0. The van der Waals surface area contributed by atoms with Crippen LogP contribution in [0.25, 0.3) is 0 Å². The zero-order valence-corrected chi connectivity index (χ0v) is 11.6. The lowest BCUT2D eigenvalue weighted by atomic mass is 9.51. The van der Waals surface area contributed by atoms with Crippen molar-refractivity contribution in [2.24, 2.45) is 5.41 Å². The highest BCUT2D eigenvalue weighted by Crippen LogP contribution is 2.57. The third-order valence-electron chi connectivity index (χ3n) is 4.54. The molecule has 3 heteroatoms. The zero-order valence-electron chi connectivity index (χ0n) is 11.6. The molecule has 0 aromatic heterocycles. The monoisotopic (exact) mass is 253 g/mol. The summed E-state index contributed by atoms with van der Waals surface area (Å²) in [6.07, 6.45) is 8.59. The van der Waals surface area contributed by atoms with Crippen molar-refractivity contribution in [2.75, 3.05) is 26.4 Å². The fourth-order valence-electron chi connectivity index (χ4n) is 3.30. The highest BCUT2D eigenvalue weighted by atomic mass is 16.5. The van der Waals surface area contributed by atoms with Gasteiger partial charge < -0.3 is 14.8 Å². The predicted octanol–water partition coefficient (Wildman–Crippen LogP) is 2.52. The van der Waals surface area contributed by atoms with Gasteiger partial charge in [0, 0.05) is 24.6 Å². The maximum Gasteiger partial charge on any atom is 0.0661 e. The first-order valence-electron chi connectivity index (χ1n) is 7.37. The summed E-state index contributed by atoms with van der Waals surface area (Å²) >= 11 is 0. The first-order valence-corrected chi connectivity index (χ1v) is 7.37. The van der Waals surface area contributed by atoms with Gasteiger partial charge in [-0.3, -0.25) is 0 Å². The van der Waals surface area contributed by atoms with E-state index in [4.69, 9.17) is 9.47 Å². The quantitative estimate of drug-likeness (QED) is 0.506. The average Bonchev–Trinajstić information content (AvgIpc) is 2.28. The van der Waals surface area contributed by atoms with Crippen molar-refractivity contribution in [1.29, 1.82) is 0 Å². The molecule has 0 amide bonds. The molecule has 0 saturated heterocycles. The minimum atomic E-state index is 0.469. The van der Waals surface area contributed by atoms with E-state index in [1.807, 2.05) is 6.08 Å². The molecule has 2 atom stereocenters. The van der Waals surface area contributed by atoms with Gasteiger partial charge in [-0.25, -0.2) is 0 Å². The molecule has 2 unspecified atom stereocenters. The van der Waals surface area contributed by atoms with Crippen molar-refractivity contribution in [2.45, 2.75) is 51.2 Å². The average molecular weight is 253 g/mol. The van der Waals surface area contributed by atoms with Crippen LogP contribution < -0.4 is 5.32 Å². The number of hydrogen-bond acceptors (Lipinski definition) is 3. The molecule has 1 spiro atoms. The second kappa shape index (κ2) is 6.69. The van der Waals surface area contributed by atoms with Gasteiger partial charge in [-0.15, -0.1) is 6.58 Å². The lowest BCUT2D eigenvalue weighted by Crippen LogP contribution is -2.67. The zero-order chi connectivity index (χ0) is 12.8. The summed E-state index contributed by atoms with van der Waals surface area (Å²) in [4.78, 5) is 0. The Morgan fingerprint density at radius 2 is 2.22 bits per heavy atom. The van der Waals surface area contributed by atoms with Gasteiger partial charge in [-0.2, -0.15) is 0 Å². The van der Waals surface area contributed by atoms with Crippen molar-refractivity contribution >= 4 is 0 Å². The smallest absolute Gasteiger partial charge is 0.0661 e. The Bertz CT molecular complexity index is 263. The van der Waals surface area contributed by atoms with Crippen molar-refractivity contribution in [1.82, 2.24) is 5.32 Å². The predicted molar refractivity (Wildman–Crippen MR) is 73.7 cm³/mol. The Morgan fingerprint density at radius 1 is 1.39 bits per heavy atom. The van der Waals surface area contributed by atoms with E-state index in [1.54, 1.807) is 0 Å². The molecular weight excluding hydrogens is 226 g/mol. The fourth-order valence-corrected chi connectivity index (χ4v) is 3.30. The largest absolute Gasteiger partial charge is 0.380 e. The molecule has 0 aliphatic heterocycles.